The molecule has 0 aliphatic rings. The first-order chi connectivity index (χ1) is 8.67. The molecule has 9 heteroatoms. The summed E-state index contributed by atoms with van der Waals surface area (Å²) in [5.74, 6) is -0.159. The van der Waals surface area contributed by atoms with Crippen molar-refractivity contribution in [3.63, 3.8) is 0 Å². The van der Waals surface area contributed by atoms with Crippen molar-refractivity contribution >= 4 is 39.7 Å². The Labute approximate surface area is 122 Å². The molecule has 0 aliphatic heterocycles. The first-order valence-electron chi connectivity index (χ1n) is 5.07. The van der Waals surface area contributed by atoms with Crippen molar-refractivity contribution < 1.29 is 19.1 Å². The van der Waals surface area contributed by atoms with Crippen LogP contribution in [0, 0.1) is 0 Å². The molecule has 104 valence electrons. The Kier molecular flexibility index (Phi) is 5.07. The number of aromatic nitrogens is 2. The van der Waals surface area contributed by atoms with Gasteiger partial charge >= 0.3 is 12.2 Å². The summed E-state index contributed by atoms with van der Waals surface area (Å²) in [6.07, 6.45) is -0.709. The Morgan fingerprint density at radius 3 is 2.58 bits per heavy atom. The first-order valence-corrected chi connectivity index (χ1v) is 6.24. The molecule has 0 atom stereocenters. The average Bonchev–Trinajstić information content (AvgIpc) is 2.20. The number of amides is 2. The van der Waals surface area contributed by atoms with Gasteiger partial charge < -0.3 is 9.47 Å². The molecule has 1 aromatic heterocycles. The van der Waals surface area contributed by atoms with Gasteiger partial charge in [0.05, 0.1) is 6.20 Å². The Bertz CT molecular complexity index is 504. The third kappa shape index (κ3) is 5.84. The lowest BCUT2D eigenvalue weighted by atomic mass is 10.2. The number of nitrogens with zero attached hydrogens (tertiary/aromatic N) is 2. The number of ether oxygens (including phenoxy) is 2. The van der Waals surface area contributed by atoms with Crippen LogP contribution in [0.25, 0.3) is 0 Å². The molecular weight excluding hydrogens is 341 g/mol. The molecule has 2 amide bonds. The predicted octanol–water partition coefficient (Wildman–Crippen LogP) is 2.92. The molecule has 1 N–H and O–H groups in total. The van der Waals surface area contributed by atoms with Gasteiger partial charge in [0.1, 0.15) is 5.60 Å². The molecule has 1 heterocycles. The number of carbonyl (C=O) groups is 2. The smallest absolute Gasteiger partial charge is 0.423 e. The lowest BCUT2D eigenvalue weighted by Crippen LogP contribution is -2.38. The third-order valence-corrected chi connectivity index (χ3v) is 2.19. The van der Waals surface area contributed by atoms with E-state index < -0.39 is 17.8 Å². The molecule has 19 heavy (non-hydrogen) atoms. The van der Waals surface area contributed by atoms with E-state index in [-0.39, 0.29) is 15.6 Å². The van der Waals surface area contributed by atoms with Gasteiger partial charge in [-0.2, -0.15) is 4.98 Å². The Morgan fingerprint density at radius 2 is 2.00 bits per heavy atom. The molecule has 0 unspecified atom stereocenters. The average molecular weight is 353 g/mol. The second-order valence-corrected chi connectivity index (χ2v) is 5.44. The Morgan fingerprint density at radius 1 is 1.37 bits per heavy atom. The van der Waals surface area contributed by atoms with Crippen LogP contribution in [0.3, 0.4) is 0 Å². The van der Waals surface area contributed by atoms with Crippen molar-refractivity contribution in [3.05, 3.63) is 16.0 Å². The number of rotatable bonds is 1. The highest BCUT2D eigenvalue weighted by Gasteiger charge is 2.20. The molecule has 0 aliphatic carbocycles. The minimum absolute atomic E-state index is 0.0447. The highest BCUT2D eigenvalue weighted by molar-refractivity contribution is 9.10. The number of carbonyl (C=O) groups excluding carboxylic acids is 2. The predicted molar refractivity (Wildman–Crippen MR) is 70.1 cm³/mol. The summed E-state index contributed by atoms with van der Waals surface area (Å²) in [4.78, 5) is 30.2. The van der Waals surface area contributed by atoms with Gasteiger partial charge in [-0.3, -0.25) is 0 Å². The molecule has 0 radical (unpaired) electrons. The molecule has 0 spiro atoms. The van der Waals surface area contributed by atoms with E-state index >= 15 is 0 Å². The fraction of sp³-hybridized carbons (Fsp3) is 0.400. The summed E-state index contributed by atoms with van der Waals surface area (Å²) in [6, 6.07) is 0. The maximum absolute atomic E-state index is 11.4. The monoisotopic (exact) mass is 351 g/mol. The quantitative estimate of drug-likeness (QED) is 0.835. The van der Waals surface area contributed by atoms with Gasteiger partial charge in [0, 0.05) is 0 Å². The molecule has 0 bridgehead atoms. The van der Waals surface area contributed by atoms with Crippen LogP contribution in [0.15, 0.2) is 10.8 Å². The fourth-order valence-electron chi connectivity index (χ4n) is 0.902. The summed E-state index contributed by atoms with van der Waals surface area (Å²) < 4.78 is 9.81. The first kappa shape index (κ1) is 15.6. The van der Waals surface area contributed by atoms with Gasteiger partial charge in [-0.05, 0) is 36.7 Å². The minimum atomic E-state index is -1.05. The number of halogens is 2. The minimum Gasteiger partial charge on any atom is -0.443 e. The van der Waals surface area contributed by atoms with Crippen molar-refractivity contribution in [1.82, 2.24) is 15.3 Å². The SMILES string of the molecule is CC(C)(C)OC(=O)NC(=O)Oc1nc(Cl)cnc1Br. The molecular formula is C10H11BrClN3O4. The van der Waals surface area contributed by atoms with Crippen LogP contribution in [-0.4, -0.2) is 27.8 Å². The van der Waals surface area contributed by atoms with E-state index in [0.29, 0.717) is 0 Å². The molecule has 0 saturated carbocycles. The zero-order chi connectivity index (χ0) is 14.6. The Balaban J connectivity index is 2.61. The lowest BCUT2D eigenvalue weighted by molar-refractivity contribution is 0.0533. The zero-order valence-corrected chi connectivity index (χ0v) is 12.7. The van der Waals surface area contributed by atoms with Gasteiger partial charge in [0.15, 0.2) is 9.76 Å². The van der Waals surface area contributed by atoms with Gasteiger partial charge in [0.2, 0.25) is 0 Å². The standard InChI is InChI=1S/C10H11BrClN3O4/c1-10(2,3)19-9(17)15-8(16)18-7-6(11)13-4-5(12)14-7/h4H,1-3H3,(H,15,16,17). The summed E-state index contributed by atoms with van der Waals surface area (Å²) in [5.41, 5.74) is -0.721. The van der Waals surface area contributed by atoms with E-state index in [1.807, 2.05) is 5.32 Å². The van der Waals surface area contributed by atoms with Crippen molar-refractivity contribution in [3.8, 4) is 5.88 Å². The molecule has 0 aromatic carbocycles. The van der Waals surface area contributed by atoms with Crippen LogP contribution in [-0.2, 0) is 4.74 Å². The number of imide groups is 1. The van der Waals surface area contributed by atoms with Crippen molar-refractivity contribution in [1.29, 1.82) is 0 Å². The van der Waals surface area contributed by atoms with E-state index in [9.17, 15) is 9.59 Å². The molecule has 1 rings (SSSR count). The van der Waals surface area contributed by atoms with Crippen LogP contribution < -0.4 is 10.1 Å². The highest BCUT2D eigenvalue weighted by atomic mass is 79.9. The van der Waals surface area contributed by atoms with Gasteiger partial charge in [-0.15, -0.1) is 0 Å². The maximum atomic E-state index is 11.4. The number of alkyl carbamates (subject to hydrolysis) is 1. The number of hydrogen-bond donors (Lipinski definition) is 1. The molecule has 7 nitrogen and oxygen atoms in total. The van der Waals surface area contributed by atoms with Crippen LogP contribution in [0.5, 0.6) is 5.88 Å². The maximum Gasteiger partial charge on any atom is 0.423 e. The van der Waals surface area contributed by atoms with E-state index in [4.69, 9.17) is 21.1 Å². The Hall–Kier alpha value is -1.41. The third-order valence-electron chi connectivity index (χ3n) is 1.46. The lowest BCUT2D eigenvalue weighted by Gasteiger charge is -2.18. The van der Waals surface area contributed by atoms with E-state index in [1.54, 1.807) is 20.8 Å². The number of nitrogens with one attached hydrogen (secondary N) is 1. The normalized spacial score (nSPS) is 10.8. The summed E-state index contributed by atoms with van der Waals surface area (Å²) in [6.45, 7) is 4.99. The molecule has 0 fully saturated rings. The molecule has 1 aromatic rings. The molecule has 0 saturated heterocycles. The zero-order valence-electron chi connectivity index (χ0n) is 10.4. The summed E-state index contributed by atoms with van der Waals surface area (Å²) in [7, 11) is 0. The fourth-order valence-corrected chi connectivity index (χ4v) is 1.30. The second-order valence-electron chi connectivity index (χ2n) is 4.31. The highest BCUT2D eigenvalue weighted by Crippen LogP contribution is 2.21. The largest absolute Gasteiger partial charge is 0.443 e. The van der Waals surface area contributed by atoms with Crippen molar-refractivity contribution in [2.24, 2.45) is 0 Å². The van der Waals surface area contributed by atoms with Crippen LogP contribution in [0.2, 0.25) is 5.15 Å². The van der Waals surface area contributed by atoms with Gasteiger partial charge in [-0.25, -0.2) is 19.9 Å². The van der Waals surface area contributed by atoms with Crippen LogP contribution >= 0.6 is 27.5 Å². The van der Waals surface area contributed by atoms with Gasteiger partial charge in [0.25, 0.3) is 5.88 Å². The van der Waals surface area contributed by atoms with E-state index in [0.717, 1.165) is 0 Å². The van der Waals surface area contributed by atoms with Crippen molar-refractivity contribution in [2.45, 2.75) is 26.4 Å². The van der Waals surface area contributed by atoms with Crippen LogP contribution in [0.4, 0.5) is 9.59 Å². The van der Waals surface area contributed by atoms with E-state index in [1.165, 1.54) is 6.20 Å². The summed E-state index contributed by atoms with van der Waals surface area (Å²) >= 11 is 8.62. The van der Waals surface area contributed by atoms with Crippen LogP contribution in [0.1, 0.15) is 20.8 Å². The van der Waals surface area contributed by atoms with Gasteiger partial charge in [-0.1, -0.05) is 11.6 Å². The topological polar surface area (TPSA) is 90.4 Å². The number of hydrogen-bond acceptors (Lipinski definition) is 6. The van der Waals surface area contributed by atoms with E-state index in [2.05, 4.69) is 25.9 Å². The van der Waals surface area contributed by atoms with Crippen molar-refractivity contribution in [2.75, 3.05) is 0 Å². The summed E-state index contributed by atoms with van der Waals surface area (Å²) in [5, 5.41) is 1.92. The second kappa shape index (κ2) is 6.16.